The number of rotatable bonds is 4. The number of amides is 1. The van der Waals surface area contributed by atoms with Gasteiger partial charge in [-0.05, 0) is 29.2 Å². The second-order valence-electron chi connectivity index (χ2n) is 5.15. The maximum absolute atomic E-state index is 12.0. The first-order valence-electron chi connectivity index (χ1n) is 7.18. The lowest BCUT2D eigenvalue weighted by molar-refractivity contribution is -0.121. The van der Waals surface area contributed by atoms with Gasteiger partial charge >= 0.3 is 0 Å². The summed E-state index contributed by atoms with van der Waals surface area (Å²) in [6, 6.07) is 12.0. The second kappa shape index (κ2) is 6.50. The summed E-state index contributed by atoms with van der Waals surface area (Å²) in [5.41, 5.74) is 3.42. The van der Waals surface area contributed by atoms with Crippen LogP contribution in [0.2, 0.25) is 0 Å². The van der Waals surface area contributed by atoms with Crippen molar-refractivity contribution in [2.24, 2.45) is 0 Å². The molecule has 108 valence electrons. The topological polar surface area (TPSA) is 51.2 Å². The van der Waals surface area contributed by atoms with Crippen molar-refractivity contribution in [3.05, 3.63) is 65.5 Å². The first-order chi connectivity index (χ1) is 10.3. The van der Waals surface area contributed by atoms with Crippen LogP contribution in [-0.4, -0.2) is 24.0 Å². The fourth-order valence-electron chi connectivity index (χ4n) is 2.60. The Labute approximate surface area is 124 Å². The molecule has 1 aliphatic heterocycles. The van der Waals surface area contributed by atoms with Crippen LogP contribution >= 0.6 is 0 Å². The smallest absolute Gasteiger partial charge is 0.224 e. The van der Waals surface area contributed by atoms with Crippen LogP contribution in [0.15, 0.2) is 48.8 Å². The molecule has 1 aromatic heterocycles. The minimum Gasteiger partial charge on any atom is -0.371 e. The van der Waals surface area contributed by atoms with E-state index in [0.717, 1.165) is 12.0 Å². The van der Waals surface area contributed by atoms with Crippen LogP contribution in [0.1, 0.15) is 22.8 Å². The number of hydrogen-bond donors (Lipinski definition) is 1. The van der Waals surface area contributed by atoms with Gasteiger partial charge in [-0.25, -0.2) is 0 Å². The fraction of sp³-hybridized carbons (Fsp3) is 0.294. The number of fused-ring (bicyclic) bond motifs is 1. The van der Waals surface area contributed by atoms with Crippen molar-refractivity contribution in [2.45, 2.75) is 18.9 Å². The van der Waals surface area contributed by atoms with Crippen LogP contribution in [0.25, 0.3) is 0 Å². The molecule has 0 saturated carbocycles. The Kier molecular flexibility index (Phi) is 4.26. The number of ether oxygens (including phenoxy) is 1. The zero-order chi connectivity index (χ0) is 14.5. The molecule has 4 nitrogen and oxygen atoms in total. The van der Waals surface area contributed by atoms with Crippen molar-refractivity contribution in [3.8, 4) is 0 Å². The molecule has 0 saturated heterocycles. The van der Waals surface area contributed by atoms with Crippen molar-refractivity contribution in [3.63, 3.8) is 0 Å². The average molecular weight is 282 g/mol. The molecule has 0 unspecified atom stereocenters. The third-order valence-corrected chi connectivity index (χ3v) is 3.66. The monoisotopic (exact) mass is 282 g/mol. The molecule has 2 heterocycles. The van der Waals surface area contributed by atoms with E-state index in [1.165, 1.54) is 11.1 Å². The minimum atomic E-state index is -0.0483. The van der Waals surface area contributed by atoms with Gasteiger partial charge in [0.25, 0.3) is 0 Å². The van der Waals surface area contributed by atoms with E-state index in [2.05, 4.69) is 22.4 Å². The van der Waals surface area contributed by atoms with E-state index in [1.807, 2.05) is 24.3 Å². The number of benzene rings is 1. The Morgan fingerprint density at radius 1 is 1.29 bits per heavy atom. The van der Waals surface area contributed by atoms with E-state index >= 15 is 0 Å². The minimum absolute atomic E-state index is 0.00495. The highest BCUT2D eigenvalue weighted by Gasteiger charge is 2.20. The number of carbonyl (C=O) groups excluding carboxylic acids is 1. The zero-order valence-electron chi connectivity index (χ0n) is 11.8. The molecule has 0 radical (unpaired) electrons. The molecule has 1 amide bonds. The van der Waals surface area contributed by atoms with Gasteiger partial charge in [0.1, 0.15) is 6.10 Å². The van der Waals surface area contributed by atoms with E-state index in [-0.39, 0.29) is 12.0 Å². The molecule has 2 aromatic rings. The molecular weight excluding hydrogens is 264 g/mol. The predicted octanol–water partition coefficient (Wildman–Crippen LogP) is 2.05. The van der Waals surface area contributed by atoms with Gasteiger partial charge in [0, 0.05) is 18.9 Å². The van der Waals surface area contributed by atoms with E-state index in [9.17, 15) is 4.79 Å². The van der Waals surface area contributed by atoms with Gasteiger partial charge < -0.3 is 10.1 Å². The van der Waals surface area contributed by atoms with Gasteiger partial charge in [0.05, 0.1) is 13.0 Å². The Bertz CT molecular complexity index is 613. The zero-order valence-corrected chi connectivity index (χ0v) is 11.8. The third kappa shape index (κ3) is 3.47. The molecule has 1 aromatic carbocycles. The van der Waals surface area contributed by atoms with Crippen LogP contribution in [0.5, 0.6) is 0 Å². The van der Waals surface area contributed by atoms with Crippen molar-refractivity contribution in [1.29, 1.82) is 0 Å². The molecule has 4 heteroatoms. The van der Waals surface area contributed by atoms with Crippen LogP contribution in [0.4, 0.5) is 0 Å². The number of hydrogen-bond acceptors (Lipinski definition) is 3. The van der Waals surface area contributed by atoms with Crippen molar-refractivity contribution < 1.29 is 9.53 Å². The Hall–Kier alpha value is -2.20. The molecule has 0 aliphatic carbocycles. The van der Waals surface area contributed by atoms with Crippen LogP contribution in [0.3, 0.4) is 0 Å². The van der Waals surface area contributed by atoms with E-state index in [0.29, 0.717) is 19.6 Å². The highest BCUT2D eigenvalue weighted by atomic mass is 16.5. The number of aromatic nitrogens is 1. The first-order valence-corrected chi connectivity index (χ1v) is 7.18. The normalized spacial score (nSPS) is 17.0. The van der Waals surface area contributed by atoms with Crippen molar-refractivity contribution in [2.75, 3.05) is 13.2 Å². The van der Waals surface area contributed by atoms with Gasteiger partial charge in [0.2, 0.25) is 5.91 Å². The van der Waals surface area contributed by atoms with E-state index < -0.39 is 0 Å². The molecule has 1 aliphatic rings. The summed E-state index contributed by atoms with van der Waals surface area (Å²) in [5, 5.41) is 2.95. The lowest BCUT2D eigenvalue weighted by atomic mass is 9.97. The average Bonchev–Trinajstić information content (AvgIpc) is 2.54. The molecule has 3 rings (SSSR count). The molecule has 0 spiro atoms. The predicted molar refractivity (Wildman–Crippen MR) is 79.8 cm³/mol. The van der Waals surface area contributed by atoms with Crippen molar-refractivity contribution >= 4 is 5.91 Å². The van der Waals surface area contributed by atoms with Crippen LogP contribution in [-0.2, 0) is 22.4 Å². The molecule has 0 fully saturated rings. The van der Waals surface area contributed by atoms with Gasteiger partial charge in [-0.2, -0.15) is 0 Å². The highest BCUT2D eigenvalue weighted by molar-refractivity contribution is 5.78. The summed E-state index contributed by atoms with van der Waals surface area (Å²) in [6.45, 7) is 1.22. The quantitative estimate of drug-likeness (QED) is 0.934. The molecule has 21 heavy (non-hydrogen) atoms. The molecular formula is C17H18N2O2. The highest BCUT2D eigenvalue weighted by Crippen LogP contribution is 2.26. The Balaban J connectivity index is 1.57. The molecule has 1 N–H and O–H groups in total. The van der Waals surface area contributed by atoms with Gasteiger partial charge in [0.15, 0.2) is 0 Å². The summed E-state index contributed by atoms with van der Waals surface area (Å²) in [6.07, 6.45) is 4.66. The standard InChI is InChI=1S/C17H18N2O2/c20-17(10-13-4-3-8-18-11-13)19-12-16-15-6-2-1-5-14(15)7-9-21-16/h1-6,8,11,16H,7,9-10,12H2,(H,19,20)/t16-/m0/s1. The summed E-state index contributed by atoms with van der Waals surface area (Å²) in [7, 11) is 0. The SMILES string of the molecule is O=C(Cc1cccnc1)NC[C@@H]1OCCc2ccccc21. The first kappa shape index (κ1) is 13.8. The largest absolute Gasteiger partial charge is 0.371 e. The maximum atomic E-state index is 12.0. The van der Waals surface area contributed by atoms with E-state index in [4.69, 9.17) is 4.74 Å². The number of pyridine rings is 1. The Morgan fingerprint density at radius 3 is 3.05 bits per heavy atom. The molecule has 1 atom stereocenters. The maximum Gasteiger partial charge on any atom is 0.224 e. The lowest BCUT2D eigenvalue weighted by Gasteiger charge is -2.26. The van der Waals surface area contributed by atoms with Gasteiger partial charge in [-0.15, -0.1) is 0 Å². The van der Waals surface area contributed by atoms with E-state index in [1.54, 1.807) is 12.4 Å². The van der Waals surface area contributed by atoms with Gasteiger partial charge in [-0.1, -0.05) is 30.3 Å². The van der Waals surface area contributed by atoms with Gasteiger partial charge in [-0.3, -0.25) is 9.78 Å². The van der Waals surface area contributed by atoms with Crippen LogP contribution < -0.4 is 5.32 Å². The number of nitrogens with zero attached hydrogens (tertiary/aromatic N) is 1. The third-order valence-electron chi connectivity index (χ3n) is 3.66. The Morgan fingerprint density at radius 2 is 2.19 bits per heavy atom. The number of carbonyl (C=O) groups is 1. The fourth-order valence-corrected chi connectivity index (χ4v) is 2.60. The van der Waals surface area contributed by atoms with Crippen molar-refractivity contribution in [1.82, 2.24) is 10.3 Å². The summed E-state index contributed by atoms with van der Waals surface area (Å²) in [4.78, 5) is 16.0. The molecule has 0 bridgehead atoms. The second-order valence-corrected chi connectivity index (χ2v) is 5.15. The number of nitrogens with one attached hydrogen (secondary N) is 1. The summed E-state index contributed by atoms with van der Waals surface area (Å²) in [5.74, 6) is -0.00495. The summed E-state index contributed by atoms with van der Waals surface area (Å²) < 4.78 is 5.78. The lowest BCUT2D eigenvalue weighted by Crippen LogP contribution is -2.32. The summed E-state index contributed by atoms with van der Waals surface area (Å²) >= 11 is 0. The van der Waals surface area contributed by atoms with Crippen LogP contribution in [0, 0.1) is 0 Å².